The van der Waals surface area contributed by atoms with Gasteiger partial charge in [0.15, 0.2) is 0 Å². The van der Waals surface area contributed by atoms with Gasteiger partial charge in [0.05, 0.1) is 18.0 Å². The SMILES string of the molecule is c1cc2c(o1)CCc1sc(C3CCCCN3)nc1-2. The molecule has 2 aromatic heterocycles. The monoisotopic (exact) mass is 260 g/mol. The molecule has 3 heterocycles. The van der Waals surface area contributed by atoms with E-state index in [4.69, 9.17) is 9.40 Å². The number of piperidine rings is 1. The first-order valence-electron chi connectivity index (χ1n) is 6.71. The van der Waals surface area contributed by atoms with Crippen LogP contribution in [0.1, 0.15) is 40.9 Å². The molecule has 4 rings (SSSR count). The Hall–Kier alpha value is -1.13. The van der Waals surface area contributed by atoms with Crippen molar-refractivity contribution in [2.45, 2.75) is 38.1 Å². The van der Waals surface area contributed by atoms with Crippen LogP contribution in [0, 0.1) is 0 Å². The van der Waals surface area contributed by atoms with Crippen molar-refractivity contribution in [1.29, 1.82) is 0 Å². The summed E-state index contributed by atoms with van der Waals surface area (Å²) in [5.74, 6) is 1.11. The molecule has 1 unspecified atom stereocenters. The zero-order valence-electron chi connectivity index (χ0n) is 10.2. The van der Waals surface area contributed by atoms with Crippen molar-refractivity contribution in [2.75, 3.05) is 6.54 Å². The molecule has 1 aliphatic carbocycles. The number of nitrogens with zero attached hydrogens (tertiary/aromatic N) is 1. The molecule has 18 heavy (non-hydrogen) atoms. The molecule has 1 aliphatic heterocycles. The smallest absolute Gasteiger partial charge is 0.113 e. The zero-order chi connectivity index (χ0) is 11.9. The Balaban J connectivity index is 1.73. The summed E-state index contributed by atoms with van der Waals surface area (Å²) in [5, 5.41) is 4.86. The number of nitrogens with one attached hydrogen (secondary N) is 1. The Bertz CT molecular complexity index is 566. The molecule has 0 aromatic carbocycles. The Labute approximate surface area is 110 Å². The van der Waals surface area contributed by atoms with Crippen LogP contribution >= 0.6 is 11.3 Å². The van der Waals surface area contributed by atoms with Gasteiger partial charge in [0.2, 0.25) is 0 Å². The Kier molecular flexibility index (Phi) is 2.52. The van der Waals surface area contributed by atoms with Crippen molar-refractivity contribution in [3.05, 3.63) is 28.0 Å². The van der Waals surface area contributed by atoms with Crippen molar-refractivity contribution in [3.63, 3.8) is 0 Å². The summed E-state index contributed by atoms with van der Waals surface area (Å²) in [7, 11) is 0. The van der Waals surface area contributed by atoms with Crippen LogP contribution in [0.2, 0.25) is 0 Å². The van der Waals surface area contributed by atoms with Crippen LogP contribution in [0.25, 0.3) is 11.3 Å². The van der Waals surface area contributed by atoms with Crippen molar-refractivity contribution < 1.29 is 4.42 Å². The topological polar surface area (TPSA) is 38.1 Å². The van der Waals surface area contributed by atoms with Crippen LogP contribution in [0.5, 0.6) is 0 Å². The minimum absolute atomic E-state index is 0.477. The third-order valence-corrected chi connectivity index (χ3v) is 5.13. The summed E-state index contributed by atoms with van der Waals surface area (Å²) in [4.78, 5) is 6.32. The maximum Gasteiger partial charge on any atom is 0.113 e. The number of aryl methyl sites for hydroxylation is 2. The van der Waals surface area contributed by atoms with Crippen LogP contribution in [0.3, 0.4) is 0 Å². The number of hydrogen-bond donors (Lipinski definition) is 1. The Morgan fingerprint density at radius 2 is 2.33 bits per heavy atom. The molecule has 0 amide bonds. The second kappa shape index (κ2) is 4.21. The van der Waals surface area contributed by atoms with Crippen LogP contribution in [-0.2, 0) is 12.8 Å². The number of thiazole rings is 1. The number of furan rings is 1. The fourth-order valence-electron chi connectivity index (χ4n) is 2.93. The molecule has 94 valence electrons. The van der Waals surface area contributed by atoms with Crippen LogP contribution in [-0.4, -0.2) is 11.5 Å². The lowest BCUT2D eigenvalue weighted by Gasteiger charge is -2.21. The first-order valence-corrected chi connectivity index (χ1v) is 7.53. The van der Waals surface area contributed by atoms with E-state index in [9.17, 15) is 0 Å². The number of hydrogen-bond acceptors (Lipinski definition) is 4. The average Bonchev–Trinajstić information content (AvgIpc) is 3.05. The molecule has 0 radical (unpaired) electrons. The third-order valence-electron chi connectivity index (χ3n) is 3.90. The van der Waals surface area contributed by atoms with Crippen molar-refractivity contribution in [3.8, 4) is 11.3 Å². The molecule has 0 spiro atoms. The molecule has 1 atom stereocenters. The highest BCUT2D eigenvalue weighted by molar-refractivity contribution is 7.12. The van der Waals surface area contributed by atoms with Crippen molar-refractivity contribution >= 4 is 11.3 Å². The third kappa shape index (κ3) is 1.63. The quantitative estimate of drug-likeness (QED) is 0.854. The lowest BCUT2D eigenvalue weighted by molar-refractivity contribution is 0.411. The number of fused-ring (bicyclic) bond motifs is 3. The van der Waals surface area contributed by atoms with Crippen molar-refractivity contribution in [2.24, 2.45) is 0 Å². The lowest BCUT2D eigenvalue weighted by atomic mass is 10.0. The van der Waals surface area contributed by atoms with Crippen LogP contribution < -0.4 is 5.32 Å². The molecule has 2 aromatic rings. The number of aromatic nitrogens is 1. The summed E-state index contributed by atoms with van der Waals surface area (Å²) in [6, 6.07) is 2.54. The van der Waals surface area contributed by atoms with Crippen LogP contribution in [0.15, 0.2) is 16.7 Å². The summed E-state index contributed by atoms with van der Waals surface area (Å²) < 4.78 is 5.52. The average molecular weight is 260 g/mol. The van der Waals surface area contributed by atoms with Gasteiger partial charge in [0.1, 0.15) is 10.8 Å². The van der Waals surface area contributed by atoms with E-state index in [0.29, 0.717) is 6.04 Å². The molecule has 4 heteroatoms. The number of rotatable bonds is 1. The summed E-state index contributed by atoms with van der Waals surface area (Å²) >= 11 is 1.89. The fourth-order valence-corrected chi connectivity index (χ4v) is 4.12. The fraction of sp³-hybridized carbons (Fsp3) is 0.500. The summed E-state index contributed by atoms with van der Waals surface area (Å²) in [6.45, 7) is 1.13. The molecule has 1 fully saturated rings. The van der Waals surface area contributed by atoms with Gasteiger partial charge in [-0.05, 0) is 31.9 Å². The van der Waals surface area contributed by atoms with E-state index in [1.807, 2.05) is 11.3 Å². The second-order valence-electron chi connectivity index (χ2n) is 5.08. The van der Waals surface area contributed by atoms with Gasteiger partial charge in [-0.2, -0.15) is 0 Å². The normalized spacial score (nSPS) is 22.6. The maximum atomic E-state index is 5.52. The second-order valence-corrected chi connectivity index (χ2v) is 6.20. The Morgan fingerprint density at radius 1 is 1.33 bits per heavy atom. The molecule has 1 N–H and O–H groups in total. The minimum atomic E-state index is 0.477. The van der Waals surface area contributed by atoms with Gasteiger partial charge < -0.3 is 9.73 Å². The predicted molar refractivity (Wildman–Crippen MR) is 71.8 cm³/mol. The van der Waals surface area contributed by atoms with E-state index in [2.05, 4.69) is 11.4 Å². The molecule has 0 bridgehead atoms. The van der Waals surface area contributed by atoms with E-state index in [-0.39, 0.29) is 0 Å². The van der Waals surface area contributed by atoms with Crippen LogP contribution in [0.4, 0.5) is 0 Å². The largest absolute Gasteiger partial charge is 0.469 e. The van der Waals surface area contributed by atoms with Gasteiger partial charge in [-0.1, -0.05) is 6.42 Å². The van der Waals surface area contributed by atoms with Gasteiger partial charge in [-0.25, -0.2) is 4.98 Å². The van der Waals surface area contributed by atoms with Gasteiger partial charge in [-0.15, -0.1) is 11.3 Å². The lowest BCUT2D eigenvalue weighted by Crippen LogP contribution is -2.26. The first kappa shape index (κ1) is 10.8. The van der Waals surface area contributed by atoms with E-state index < -0.39 is 0 Å². The predicted octanol–water partition coefficient (Wildman–Crippen LogP) is 3.32. The zero-order valence-corrected chi connectivity index (χ0v) is 11.1. The maximum absolute atomic E-state index is 5.52. The molecule has 0 saturated carbocycles. The van der Waals surface area contributed by atoms with Gasteiger partial charge in [0, 0.05) is 16.9 Å². The minimum Gasteiger partial charge on any atom is -0.469 e. The molecule has 2 aliphatic rings. The van der Waals surface area contributed by atoms with E-state index in [0.717, 1.165) is 25.1 Å². The Morgan fingerprint density at radius 3 is 3.22 bits per heavy atom. The van der Waals surface area contributed by atoms with E-state index in [1.54, 1.807) is 6.26 Å². The summed E-state index contributed by atoms with van der Waals surface area (Å²) in [6.07, 6.45) is 7.74. The first-order chi connectivity index (χ1) is 8.92. The highest BCUT2D eigenvalue weighted by Gasteiger charge is 2.26. The standard InChI is InChI=1S/C14H16N2OS/c1-2-7-15-10(3-1)14-16-13-9-6-8-17-11(9)4-5-12(13)18-14/h6,8,10,15H,1-5,7H2. The highest BCUT2D eigenvalue weighted by atomic mass is 32.1. The molecular weight excluding hydrogens is 244 g/mol. The van der Waals surface area contributed by atoms with Gasteiger partial charge in [-0.3, -0.25) is 0 Å². The van der Waals surface area contributed by atoms with Gasteiger partial charge in [0.25, 0.3) is 0 Å². The van der Waals surface area contributed by atoms with E-state index in [1.165, 1.54) is 40.4 Å². The molecule has 1 saturated heterocycles. The van der Waals surface area contributed by atoms with Crippen molar-refractivity contribution in [1.82, 2.24) is 10.3 Å². The van der Waals surface area contributed by atoms with Gasteiger partial charge >= 0.3 is 0 Å². The molecular formula is C14H16N2OS. The van der Waals surface area contributed by atoms with E-state index >= 15 is 0 Å². The molecule has 3 nitrogen and oxygen atoms in total. The highest BCUT2D eigenvalue weighted by Crippen LogP contribution is 2.39. The summed E-state index contributed by atoms with van der Waals surface area (Å²) in [5.41, 5.74) is 2.40.